The van der Waals surface area contributed by atoms with Crippen molar-refractivity contribution in [3.8, 4) is 6.07 Å². The Morgan fingerprint density at radius 1 is 1.69 bits per heavy atom. The van der Waals surface area contributed by atoms with Gasteiger partial charge in [0.1, 0.15) is 6.07 Å². The van der Waals surface area contributed by atoms with E-state index in [1.165, 1.54) is 0 Å². The van der Waals surface area contributed by atoms with Crippen LogP contribution in [0.25, 0.3) is 0 Å². The van der Waals surface area contributed by atoms with Crippen molar-refractivity contribution < 1.29 is 5.11 Å². The summed E-state index contributed by atoms with van der Waals surface area (Å²) in [7, 11) is 0. The number of pyridine rings is 1. The topological polar surface area (TPSA) is 60.2 Å². The first kappa shape index (κ1) is 10.9. The molecule has 1 aliphatic heterocycles. The Morgan fingerprint density at radius 2 is 2.50 bits per heavy atom. The zero-order valence-electron chi connectivity index (χ0n) is 9.30. The maximum absolute atomic E-state index is 9.39. The van der Waals surface area contributed by atoms with Crippen LogP contribution >= 0.6 is 0 Å². The Kier molecular flexibility index (Phi) is 3.07. The zero-order valence-corrected chi connectivity index (χ0v) is 9.30. The molecule has 1 aliphatic rings. The highest BCUT2D eigenvalue weighted by atomic mass is 16.3. The third kappa shape index (κ3) is 1.74. The molecule has 84 valence electrons. The first-order chi connectivity index (χ1) is 7.77. The van der Waals surface area contributed by atoms with Crippen LogP contribution in [0.4, 0.5) is 5.69 Å². The van der Waals surface area contributed by atoms with Gasteiger partial charge in [0.15, 0.2) is 0 Å². The normalized spacial score (nSPS) is 24.4. The van der Waals surface area contributed by atoms with Gasteiger partial charge in [0.05, 0.1) is 30.1 Å². The van der Waals surface area contributed by atoms with Crippen molar-refractivity contribution in [3.63, 3.8) is 0 Å². The summed E-state index contributed by atoms with van der Waals surface area (Å²) in [5.41, 5.74) is 1.47. The molecule has 0 spiro atoms. The lowest BCUT2D eigenvalue weighted by atomic mass is 10.0. The van der Waals surface area contributed by atoms with Crippen molar-refractivity contribution in [2.75, 3.05) is 18.1 Å². The molecule has 0 aromatic carbocycles. The van der Waals surface area contributed by atoms with Crippen LogP contribution < -0.4 is 4.90 Å². The number of aliphatic hydroxyl groups is 1. The molecular formula is C12H15N3O. The second-order valence-corrected chi connectivity index (χ2v) is 4.21. The van der Waals surface area contributed by atoms with E-state index in [-0.39, 0.29) is 12.6 Å². The van der Waals surface area contributed by atoms with Crippen LogP contribution in [-0.2, 0) is 0 Å². The van der Waals surface area contributed by atoms with Crippen LogP contribution in [0.3, 0.4) is 0 Å². The van der Waals surface area contributed by atoms with Crippen molar-refractivity contribution in [3.05, 3.63) is 24.0 Å². The molecule has 0 aliphatic carbocycles. The first-order valence-electron chi connectivity index (χ1n) is 5.49. The second kappa shape index (κ2) is 4.50. The third-order valence-electron chi connectivity index (χ3n) is 3.30. The van der Waals surface area contributed by atoms with Gasteiger partial charge in [0.25, 0.3) is 0 Å². The van der Waals surface area contributed by atoms with Crippen molar-refractivity contribution in [2.24, 2.45) is 5.92 Å². The molecule has 4 heteroatoms. The minimum Gasteiger partial charge on any atom is -0.394 e. The van der Waals surface area contributed by atoms with Gasteiger partial charge in [0.2, 0.25) is 0 Å². The van der Waals surface area contributed by atoms with Gasteiger partial charge in [-0.15, -0.1) is 0 Å². The van der Waals surface area contributed by atoms with E-state index < -0.39 is 0 Å². The Bertz CT molecular complexity index is 413. The van der Waals surface area contributed by atoms with Gasteiger partial charge in [0, 0.05) is 12.7 Å². The number of aliphatic hydroxyl groups excluding tert-OH is 1. The Balaban J connectivity index is 2.34. The fourth-order valence-corrected chi connectivity index (χ4v) is 2.30. The predicted molar refractivity (Wildman–Crippen MR) is 61.0 cm³/mol. The SMILES string of the molecule is CC1CCN(c2cnccc2C#N)C1CO. The summed E-state index contributed by atoms with van der Waals surface area (Å²) < 4.78 is 0. The molecule has 2 rings (SSSR count). The second-order valence-electron chi connectivity index (χ2n) is 4.21. The number of nitriles is 1. The number of anilines is 1. The van der Waals surface area contributed by atoms with Crippen molar-refractivity contribution >= 4 is 5.69 Å². The average molecular weight is 217 g/mol. The summed E-state index contributed by atoms with van der Waals surface area (Å²) in [4.78, 5) is 6.15. The average Bonchev–Trinajstić information content (AvgIpc) is 2.70. The van der Waals surface area contributed by atoms with Crippen LogP contribution in [-0.4, -0.2) is 29.3 Å². The van der Waals surface area contributed by atoms with Crippen LogP contribution in [0.5, 0.6) is 0 Å². The summed E-state index contributed by atoms with van der Waals surface area (Å²) in [5, 5.41) is 18.4. The molecule has 2 unspecified atom stereocenters. The largest absolute Gasteiger partial charge is 0.394 e. The highest BCUT2D eigenvalue weighted by Gasteiger charge is 2.31. The van der Waals surface area contributed by atoms with Gasteiger partial charge in [-0.1, -0.05) is 6.92 Å². The fraction of sp³-hybridized carbons (Fsp3) is 0.500. The summed E-state index contributed by atoms with van der Waals surface area (Å²) >= 11 is 0. The number of hydrogen-bond acceptors (Lipinski definition) is 4. The highest BCUT2D eigenvalue weighted by Crippen LogP contribution is 2.30. The van der Waals surface area contributed by atoms with E-state index in [1.54, 1.807) is 18.5 Å². The molecule has 2 atom stereocenters. The molecule has 1 aromatic rings. The molecule has 0 amide bonds. The minimum atomic E-state index is 0.108. The number of aromatic nitrogens is 1. The smallest absolute Gasteiger partial charge is 0.101 e. The Morgan fingerprint density at radius 3 is 3.19 bits per heavy atom. The van der Waals surface area contributed by atoms with Crippen molar-refractivity contribution in [1.29, 1.82) is 5.26 Å². The molecule has 0 radical (unpaired) electrons. The van der Waals surface area contributed by atoms with E-state index >= 15 is 0 Å². The van der Waals surface area contributed by atoms with Crippen LogP contribution in [0, 0.1) is 17.2 Å². The molecule has 1 aromatic heterocycles. The Hall–Kier alpha value is -1.60. The molecular weight excluding hydrogens is 202 g/mol. The van der Waals surface area contributed by atoms with Crippen molar-refractivity contribution in [2.45, 2.75) is 19.4 Å². The monoisotopic (exact) mass is 217 g/mol. The fourth-order valence-electron chi connectivity index (χ4n) is 2.30. The van der Waals surface area contributed by atoms with E-state index in [0.717, 1.165) is 18.7 Å². The molecule has 2 heterocycles. The van der Waals surface area contributed by atoms with Gasteiger partial charge in [-0.3, -0.25) is 4.98 Å². The standard InChI is InChI=1S/C12H15N3O/c1-9-3-5-15(12(9)8-16)11-7-14-4-2-10(11)6-13/h2,4,7,9,12,16H,3,5,8H2,1H3. The third-order valence-corrected chi connectivity index (χ3v) is 3.30. The zero-order chi connectivity index (χ0) is 11.5. The van der Waals surface area contributed by atoms with E-state index in [1.807, 2.05) is 0 Å². The van der Waals surface area contributed by atoms with Crippen LogP contribution in [0.2, 0.25) is 0 Å². The van der Waals surface area contributed by atoms with E-state index in [2.05, 4.69) is 22.9 Å². The van der Waals surface area contributed by atoms with Crippen LogP contribution in [0.1, 0.15) is 18.9 Å². The summed E-state index contributed by atoms with van der Waals surface area (Å²) in [6.07, 6.45) is 4.37. The summed E-state index contributed by atoms with van der Waals surface area (Å²) in [6, 6.07) is 3.99. The van der Waals surface area contributed by atoms with E-state index in [0.29, 0.717) is 11.5 Å². The molecule has 4 nitrogen and oxygen atoms in total. The quantitative estimate of drug-likeness (QED) is 0.807. The Labute approximate surface area is 95.1 Å². The first-order valence-corrected chi connectivity index (χ1v) is 5.49. The van der Waals surface area contributed by atoms with Gasteiger partial charge in [-0.25, -0.2) is 0 Å². The molecule has 16 heavy (non-hydrogen) atoms. The lowest BCUT2D eigenvalue weighted by molar-refractivity contribution is 0.244. The van der Waals surface area contributed by atoms with Gasteiger partial charge in [-0.2, -0.15) is 5.26 Å². The summed E-state index contributed by atoms with van der Waals surface area (Å²) in [6.45, 7) is 3.14. The molecule has 1 saturated heterocycles. The summed E-state index contributed by atoms with van der Waals surface area (Å²) in [5.74, 6) is 0.455. The lowest BCUT2D eigenvalue weighted by Gasteiger charge is -2.27. The van der Waals surface area contributed by atoms with Crippen molar-refractivity contribution in [1.82, 2.24) is 4.98 Å². The molecule has 0 bridgehead atoms. The van der Waals surface area contributed by atoms with Gasteiger partial charge >= 0.3 is 0 Å². The van der Waals surface area contributed by atoms with Gasteiger partial charge < -0.3 is 10.0 Å². The highest BCUT2D eigenvalue weighted by molar-refractivity contribution is 5.59. The molecule has 0 saturated carbocycles. The van der Waals surface area contributed by atoms with Gasteiger partial charge in [-0.05, 0) is 18.4 Å². The van der Waals surface area contributed by atoms with E-state index in [4.69, 9.17) is 5.26 Å². The number of hydrogen-bond donors (Lipinski definition) is 1. The maximum Gasteiger partial charge on any atom is 0.101 e. The number of nitrogens with zero attached hydrogens (tertiary/aromatic N) is 3. The van der Waals surface area contributed by atoms with E-state index in [9.17, 15) is 5.11 Å². The lowest BCUT2D eigenvalue weighted by Crippen LogP contribution is -2.35. The molecule has 1 N–H and O–H groups in total. The maximum atomic E-state index is 9.39. The number of rotatable bonds is 2. The predicted octanol–water partition coefficient (Wildman–Crippen LogP) is 1.16. The van der Waals surface area contributed by atoms with Crippen LogP contribution in [0.15, 0.2) is 18.5 Å². The molecule has 1 fully saturated rings. The minimum absolute atomic E-state index is 0.108.